The standard InChI is InChI=1S/C37H42FN3O5Si/c1-5-19-40-31-17-16-28(41-30-14-10-9-13-27(30)15-18-33(41)43)22-29(31)37(36(40)45)25(2)35(47(3,4)38)32(46-37)23-34(44)39(20-21-42)24-26-11-7-6-8-12-26/h5-14,16-17,22,25,32,35,42H,1,15,18-21,23-24H2,2-4H3/t25-,32+,35-,37+/m1/s1. The number of nitrogens with zero attached hydrogens (tertiary/aromatic N) is 3. The van der Waals surface area contributed by atoms with Crippen molar-refractivity contribution in [1.29, 1.82) is 0 Å². The molecule has 10 heteroatoms. The highest BCUT2D eigenvalue weighted by molar-refractivity contribution is 6.72. The van der Waals surface area contributed by atoms with Gasteiger partial charge in [0.05, 0.1) is 30.5 Å². The molecule has 1 spiro atoms. The normalized spacial score (nSPS) is 23.6. The van der Waals surface area contributed by atoms with Gasteiger partial charge < -0.3 is 23.8 Å². The van der Waals surface area contributed by atoms with E-state index in [9.17, 15) is 19.5 Å². The lowest BCUT2D eigenvalue weighted by molar-refractivity contribution is -0.149. The maximum Gasteiger partial charge on any atom is 0.264 e. The number of fused-ring (bicyclic) bond motifs is 3. The molecule has 4 atom stereocenters. The van der Waals surface area contributed by atoms with Crippen molar-refractivity contribution in [3.05, 3.63) is 102 Å². The van der Waals surface area contributed by atoms with E-state index in [0.29, 0.717) is 36.3 Å². The van der Waals surface area contributed by atoms with Crippen LogP contribution in [-0.4, -0.2) is 61.9 Å². The summed E-state index contributed by atoms with van der Waals surface area (Å²) in [5.74, 6) is -1.25. The Kier molecular flexibility index (Phi) is 8.95. The van der Waals surface area contributed by atoms with Gasteiger partial charge in [0, 0.05) is 48.8 Å². The average molecular weight is 656 g/mol. The lowest BCUT2D eigenvalue weighted by Gasteiger charge is -2.32. The minimum atomic E-state index is -3.53. The zero-order valence-electron chi connectivity index (χ0n) is 27.2. The van der Waals surface area contributed by atoms with E-state index in [-0.39, 0.29) is 43.8 Å². The van der Waals surface area contributed by atoms with Gasteiger partial charge in [0.2, 0.25) is 20.2 Å². The van der Waals surface area contributed by atoms with Crippen LogP contribution in [0.5, 0.6) is 0 Å². The van der Waals surface area contributed by atoms with E-state index in [4.69, 9.17) is 4.74 Å². The van der Waals surface area contributed by atoms with E-state index in [1.807, 2.05) is 79.7 Å². The summed E-state index contributed by atoms with van der Waals surface area (Å²) in [6.07, 6.45) is 1.64. The fraction of sp³-hybridized carbons (Fsp3) is 0.378. The van der Waals surface area contributed by atoms with E-state index < -0.39 is 31.6 Å². The van der Waals surface area contributed by atoms with Crippen LogP contribution in [-0.2, 0) is 37.7 Å². The largest absolute Gasteiger partial charge is 0.395 e. The van der Waals surface area contributed by atoms with Crippen molar-refractivity contribution < 1.29 is 28.3 Å². The first-order valence-electron chi connectivity index (χ1n) is 16.3. The maximum atomic E-state index is 16.4. The van der Waals surface area contributed by atoms with Gasteiger partial charge in [-0.3, -0.25) is 19.3 Å². The summed E-state index contributed by atoms with van der Waals surface area (Å²) in [7, 11) is -3.53. The second-order valence-corrected chi connectivity index (χ2v) is 17.1. The third kappa shape index (κ3) is 5.72. The lowest BCUT2D eigenvalue weighted by atomic mass is 9.82. The van der Waals surface area contributed by atoms with Gasteiger partial charge in [-0.25, -0.2) is 0 Å². The molecule has 0 saturated carbocycles. The van der Waals surface area contributed by atoms with Crippen LogP contribution in [0.4, 0.5) is 21.2 Å². The number of carbonyl (C=O) groups excluding carboxylic acids is 3. The van der Waals surface area contributed by atoms with E-state index in [2.05, 4.69) is 6.58 Å². The molecular weight excluding hydrogens is 614 g/mol. The Balaban J connectivity index is 1.41. The summed E-state index contributed by atoms with van der Waals surface area (Å²) in [6, 6.07) is 22.8. The second-order valence-electron chi connectivity index (χ2n) is 13.3. The number of halogens is 1. The monoisotopic (exact) mass is 655 g/mol. The topological polar surface area (TPSA) is 90.4 Å². The van der Waals surface area contributed by atoms with E-state index in [1.54, 1.807) is 33.9 Å². The summed E-state index contributed by atoms with van der Waals surface area (Å²) in [4.78, 5) is 46.6. The number of para-hydroxylation sites is 1. The Labute approximate surface area is 276 Å². The van der Waals surface area contributed by atoms with Crippen LogP contribution in [0.1, 0.15) is 36.5 Å². The minimum absolute atomic E-state index is 0.0496. The number of anilines is 3. The number of amides is 3. The van der Waals surface area contributed by atoms with Crippen LogP contribution in [0.3, 0.4) is 0 Å². The molecule has 47 heavy (non-hydrogen) atoms. The summed E-state index contributed by atoms with van der Waals surface area (Å²) < 4.78 is 23.2. The molecule has 3 aliphatic rings. The van der Waals surface area contributed by atoms with Crippen molar-refractivity contribution in [3.8, 4) is 0 Å². The molecule has 0 aromatic heterocycles. The van der Waals surface area contributed by atoms with Crippen molar-refractivity contribution in [1.82, 2.24) is 4.90 Å². The fourth-order valence-electron chi connectivity index (χ4n) is 7.91. The smallest absolute Gasteiger partial charge is 0.264 e. The second kappa shape index (κ2) is 12.8. The van der Waals surface area contributed by atoms with Crippen molar-refractivity contribution >= 4 is 43.2 Å². The maximum absolute atomic E-state index is 16.4. The first-order chi connectivity index (χ1) is 22.5. The summed E-state index contributed by atoms with van der Waals surface area (Å²) in [5, 5.41) is 9.79. The molecule has 6 rings (SSSR count). The van der Waals surface area contributed by atoms with Gasteiger partial charge >= 0.3 is 0 Å². The molecule has 1 saturated heterocycles. The van der Waals surface area contributed by atoms with E-state index in [1.165, 1.54) is 0 Å². The molecule has 1 fully saturated rings. The third-order valence-corrected chi connectivity index (χ3v) is 12.4. The van der Waals surface area contributed by atoms with Gasteiger partial charge in [-0.15, -0.1) is 6.58 Å². The molecule has 0 radical (unpaired) electrons. The molecule has 3 heterocycles. The number of hydrogen-bond acceptors (Lipinski definition) is 5. The van der Waals surface area contributed by atoms with E-state index in [0.717, 1.165) is 16.8 Å². The lowest BCUT2D eigenvalue weighted by Crippen LogP contribution is -2.45. The number of aliphatic hydroxyl groups is 1. The third-order valence-electron chi connectivity index (χ3n) is 9.92. The predicted molar refractivity (Wildman–Crippen MR) is 183 cm³/mol. The Morgan fingerprint density at radius 3 is 2.51 bits per heavy atom. The highest BCUT2D eigenvalue weighted by Gasteiger charge is 2.67. The SMILES string of the molecule is C=CCN1C(=O)[C@@]2(O[C@@H](CC(=O)N(CCO)Cc3ccccc3)[C@H]([Si](C)(C)F)[C@H]2C)c2cc(N3C(=O)CCc4ccccc43)ccc21. The Bertz CT molecular complexity index is 1690. The first kappa shape index (κ1) is 32.8. The number of benzene rings is 3. The molecule has 3 aromatic carbocycles. The van der Waals surface area contributed by atoms with Gasteiger partial charge in [0.15, 0.2) is 5.60 Å². The molecule has 246 valence electrons. The Morgan fingerprint density at radius 1 is 1.09 bits per heavy atom. The number of aryl methyl sites for hydroxylation is 1. The summed E-state index contributed by atoms with van der Waals surface area (Å²) in [5.41, 5.74) is 2.33. The number of hydrogen-bond donors (Lipinski definition) is 1. The molecule has 0 aliphatic carbocycles. The molecule has 8 nitrogen and oxygen atoms in total. The Morgan fingerprint density at radius 2 is 1.81 bits per heavy atom. The van der Waals surface area contributed by atoms with Gasteiger partial charge in [-0.05, 0) is 54.9 Å². The molecule has 1 N–H and O–H groups in total. The number of ether oxygens (including phenoxy) is 1. The summed E-state index contributed by atoms with van der Waals surface area (Å²) in [6.45, 7) is 9.33. The van der Waals surface area contributed by atoms with Crippen LogP contribution in [0.15, 0.2) is 85.5 Å². The minimum Gasteiger partial charge on any atom is -0.395 e. The van der Waals surface area contributed by atoms with Crippen molar-refractivity contribution in [2.24, 2.45) is 5.92 Å². The zero-order chi connectivity index (χ0) is 33.5. The van der Waals surface area contributed by atoms with Gasteiger partial charge in [-0.2, -0.15) is 0 Å². The highest BCUT2D eigenvalue weighted by atomic mass is 28.4. The fourth-order valence-corrected chi connectivity index (χ4v) is 10.4. The average Bonchev–Trinajstić information content (AvgIpc) is 3.47. The van der Waals surface area contributed by atoms with Crippen LogP contribution < -0.4 is 9.80 Å². The molecule has 3 aromatic rings. The molecule has 0 unspecified atom stereocenters. The van der Waals surface area contributed by atoms with Crippen LogP contribution in [0.25, 0.3) is 0 Å². The quantitative estimate of drug-likeness (QED) is 0.164. The molecule has 3 amide bonds. The van der Waals surface area contributed by atoms with Crippen LogP contribution in [0, 0.1) is 5.92 Å². The Hall–Kier alpha value is -4.12. The predicted octanol–water partition coefficient (Wildman–Crippen LogP) is 6.02. The van der Waals surface area contributed by atoms with Crippen LogP contribution in [0.2, 0.25) is 18.6 Å². The van der Waals surface area contributed by atoms with Gasteiger partial charge in [0.25, 0.3) is 5.91 Å². The zero-order valence-corrected chi connectivity index (χ0v) is 28.2. The van der Waals surface area contributed by atoms with Crippen molar-refractivity contribution in [3.63, 3.8) is 0 Å². The van der Waals surface area contributed by atoms with Crippen molar-refractivity contribution in [2.45, 2.75) is 63.1 Å². The van der Waals surface area contributed by atoms with Gasteiger partial charge in [-0.1, -0.05) is 61.5 Å². The highest BCUT2D eigenvalue weighted by Crippen LogP contribution is 2.60. The number of carbonyl (C=O) groups is 3. The van der Waals surface area contributed by atoms with E-state index >= 15 is 4.11 Å². The summed E-state index contributed by atoms with van der Waals surface area (Å²) >= 11 is 0. The molecule has 3 aliphatic heterocycles. The number of aliphatic hydroxyl groups excluding tert-OH is 1. The number of rotatable bonds is 10. The molecular formula is C37H42FN3O5Si. The van der Waals surface area contributed by atoms with Gasteiger partial charge in [0.1, 0.15) is 0 Å². The molecule has 0 bridgehead atoms. The van der Waals surface area contributed by atoms with Crippen molar-refractivity contribution in [2.75, 3.05) is 29.5 Å². The van der Waals surface area contributed by atoms with Crippen LogP contribution >= 0.6 is 0 Å². The first-order valence-corrected chi connectivity index (χ1v) is 19.2.